The second kappa shape index (κ2) is 4.55. The fraction of sp³-hybridized carbons (Fsp3) is 0.500. The molecule has 2 fully saturated rings. The summed E-state index contributed by atoms with van der Waals surface area (Å²) in [6.45, 7) is 1.37. The predicted molar refractivity (Wildman–Crippen MR) is 65.8 cm³/mol. The molecule has 96 valence electrons. The Labute approximate surface area is 105 Å². The SMILES string of the molecule is NNc1ccc(C(=O)N2CC3CCC(C2)O3)cn1. The summed E-state index contributed by atoms with van der Waals surface area (Å²) in [5, 5.41) is 0. The maximum atomic E-state index is 12.3. The summed E-state index contributed by atoms with van der Waals surface area (Å²) in [6, 6.07) is 3.43. The first-order valence-electron chi connectivity index (χ1n) is 6.13. The van der Waals surface area contributed by atoms with Gasteiger partial charge in [0.15, 0.2) is 0 Å². The summed E-state index contributed by atoms with van der Waals surface area (Å²) >= 11 is 0. The van der Waals surface area contributed by atoms with Crippen LogP contribution in [-0.2, 0) is 4.74 Å². The quantitative estimate of drug-likeness (QED) is 0.584. The van der Waals surface area contributed by atoms with Gasteiger partial charge < -0.3 is 15.1 Å². The van der Waals surface area contributed by atoms with E-state index in [0.29, 0.717) is 24.5 Å². The van der Waals surface area contributed by atoms with Crippen LogP contribution in [0.4, 0.5) is 5.82 Å². The second-order valence-corrected chi connectivity index (χ2v) is 4.74. The summed E-state index contributed by atoms with van der Waals surface area (Å²) in [4.78, 5) is 18.2. The average Bonchev–Trinajstić information content (AvgIpc) is 2.77. The number of pyridine rings is 1. The van der Waals surface area contributed by atoms with Crippen LogP contribution < -0.4 is 11.3 Å². The fourth-order valence-corrected chi connectivity index (χ4v) is 2.57. The zero-order chi connectivity index (χ0) is 12.5. The summed E-state index contributed by atoms with van der Waals surface area (Å²) in [6.07, 6.45) is 4.09. The fourth-order valence-electron chi connectivity index (χ4n) is 2.57. The molecule has 2 bridgehead atoms. The largest absolute Gasteiger partial charge is 0.371 e. The third-order valence-corrected chi connectivity index (χ3v) is 3.49. The number of rotatable bonds is 2. The van der Waals surface area contributed by atoms with Crippen molar-refractivity contribution < 1.29 is 9.53 Å². The number of carbonyl (C=O) groups excluding carboxylic acids is 1. The van der Waals surface area contributed by atoms with E-state index in [9.17, 15) is 4.79 Å². The van der Waals surface area contributed by atoms with E-state index >= 15 is 0 Å². The maximum Gasteiger partial charge on any atom is 0.255 e. The minimum absolute atomic E-state index is 0.0197. The number of hydrogen-bond donors (Lipinski definition) is 2. The molecule has 0 aliphatic carbocycles. The van der Waals surface area contributed by atoms with E-state index in [4.69, 9.17) is 10.6 Å². The molecule has 3 heterocycles. The predicted octanol–water partition coefficient (Wildman–Crippen LogP) is 0.371. The molecule has 1 amide bonds. The number of nitrogen functional groups attached to an aromatic ring is 1. The Hall–Kier alpha value is -1.66. The molecule has 2 unspecified atom stereocenters. The van der Waals surface area contributed by atoms with Gasteiger partial charge in [0.05, 0.1) is 17.8 Å². The van der Waals surface area contributed by atoms with Crippen LogP contribution in [0.2, 0.25) is 0 Å². The molecule has 1 aromatic rings. The number of anilines is 1. The molecule has 18 heavy (non-hydrogen) atoms. The van der Waals surface area contributed by atoms with Crippen LogP contribution in [0.15, 0.2) is 18.3 Å². The van der Waals surface area contributed by atoms with E-state index in [-0.39, 0.29) is 18.1 Å². The van der Waals surface area contributed by atoms with Gasteiger partial charge in [-0.05, 0) is 25.0 Å². The van der Waals surface area contributed by atoms with Crippen LogP contribution in [-0.4, -0.2) is 41.1 Å². The van der Waals surface area contributed by atoms with E-state index in [0.717, 1.165) is 12.8 Å². The summed E-state index contributed by atoms with van der Waals surface area (Å²) in [7, 11) is 0. The summed E-state index contributed by atoms with van der Waals surface area (Å²) in [5.41, 5.74) is 3.03. The molecule has 3 N–H and O–H groups in total. The third-order valence-electron chi connectivity index (χ3n) is 3.49. The number of nitrogens with two attached hydrogens (primary N) is 1. The van der Waals surface area contributed by atoms with Crippen LogP contribution in [0.25, 0.3) is 0 Å². The van der Waals surface area contributed by atoms with Gasteiger partial charge in [0.1, 0.15) is 5.82 Å². The van der Waals surface area contributed by atoms with E-state index in [1.807, 2.05) is 4.90 Å². The van der Waals surface area contributed by atoms with Crippen LogP contribution in [0, 0.1) is 0 Å². The minimum Gasteiger partial charge on any atom is -0.371 e. The van der Waals surface area contributed by atoms with Crippen molar-refractivity contribution in [1.29, 1.82) is 0 Å². The first-order chi connectivity index (χ1) is 8.76. The van der Waals surface area contributed by atoms with Crippen molar-refractivity contribution in [2.75, 3.05) is 18.5 Å². The Morgan fingerprint density at radius 3 is 2.67 bits per heavy atom. The number of hydrogen-bond acceptors (Lipinski definition) is 5. The first-order valence-corrected chi connectivity index (χ1v) is 6.13. The third kappa shape index (κ3) is 2.04. The number of fused-ring (bicyclic) bond motifs is 2. The smallest absolute Gasteiger partial charge is 0.255 e. The van der Waals surface area contributed by atoms with E-state index in [1.54, 1.807) is 18.3 Å². The normalized spacial score (nSPS) is 26.2. The number of hydrazine groups is 1. The summed E-state index contributed by atoms with van der Waals surface area (Å²) < 4.78 is 5.71. The van der Waals surface area contributed by atoms with Gasteiger partial charge in [0.25, 0.3) is 5.91 Å². The molecule has 3 rings (SSSR count). The van der Waals surface area contributed by atoms with Gasteiger partial charge in [-0.3, -0.25) is 4.79 Å². The van der Waals surface area contributed by atoms with Gasteiger partial charge in [0, 0.05) is 19.3 Å². The van der Waals surface area contributed by atoms with Gasteiger partial charge in [-0.25, -0.2) is 10.8 Å². The van der Waals surface area contributed by atoms with Crippen LogP contribution in [0.1, 0.15) is 23.2 Å². The van der Waals surface area contributed by atoms with Crippen LogP contribution in [0.3, 0.4) is 0 Å². The molecule has 2 aliphatic rings. The zero-order valence-corrected chi connectivity index (χ0v) is 10.0. The van der Waals surface area contributed by atoms with Crippen molar-refractivity contribution in [1.82, 2.24) is 9.88 Å². The molecule has 2 aliphatic heterocycles. The molecule has 1 aromatic heterocycles. The number of carbonyl (C=O) groups is 1. The average molecular weight is 248 g/mol. The van der Waals surface area contributed by atoms with E-state index in [1.165, 1.54) is 0 Å². The lowest BCUT2D eigenvalue weighted by Gasteiger charge is -2.32. The molecule has 0 aromatic carbocycles. The van der Waals surface area contributed by atoms with Crippen molar-refractivity contribution in [3.8, 4) is 0 Å². The number of aromatic nitrogens is 1. The van der Waals surface area contributed by atoms with Crippen LogP contribution >= 0.6 is 0 Å². The molecule has 6 nitrogen and oxygen atoms in total. The van der Waals surface area contributed by atoms with Crippen molar-refractivity contribution in [2.24, 2.45) is 5.84 Å². The first kappa shape index (κ1) is 11.4. The highest BCUT2D eigenvalue weighted by Gasteiger charge is 2.35. The lowest BCUT2D eigenvalue weighted by molar-refractivity contribution is -0.0303. The molecular formula is C12H16N4O2. The number of morpholine rings is 1. The zero-order valence-electron chi connectivity index (χ0n) is 10.0. The van der Waals surface area contributed by atoms with Crippen LogP contribution in [0.5, 0.6) is 0 Å². The number of nitrogens with one attached hydrogen (secondary N) is 1. The molecular weight excluding hydrogens is 232 g/mol. The standard InChI is InChI=1S/C12H16N4O2/c13-15-11-4-1-8(5-14-11)12(17)16-6-9-2-3-10(7-16)18-9/h1,4-5,9-10H,2-3,6-7,13H2,(H,14,15). The molecule has 6 heteroatoms. The number of nitrogens with zero attached hydrogens (tertiary/aromatic N) is 2. The highest BCUT2D eigenvalue weighted by atomic mass is 16.5. The van der Waals surface area contributed by atoms with Gasteiger partial charge in [-0.15, -0.1) is 0 Å². The lowest BCUT2D eigenvalue weighted by Crippen LogP contribution is -2.45. The maximum absolute atomic E-state index is 12.3. The molecule has 0 radical (unpaired) electrons. The molecule has 2 atom stereocenters. The van der Waals surface area contributed by atoms with Gasteiger partial charge >= 0.3 is 0 Å². The Morgan fingerprint density at radius 1 is 1.39 bits per heavy atom. The Morgan fingerprint density at radius 2 is 2.11 bits per heavy atom. The highest BCUT2D eigenvalue weighted by Crippen LogP contribution is 2.27. The Balaban J connectivity index is 1.73. The Bertz CT molecular complexity index is 436. The van der Waals surface area contributed by atoms with Gasteiger partial charge in [-0.2, -0.15) is 0 Å². The van der Waals surface area contributed by atoms with E-state index in [2.05, 4.69) is 10.4 Å². The monoisotopic (exact) mass is 248 g/mol. The topological polar surface area (TPSA) is 80.5 Å². The number of amides is 1. The number of ether oxygens (including phenoxy) is 1. The Kier molecular flexibility index (Phi) is 2.89. The molecule has 0 spiro atoms. The van der Waals surface area contributed by atoms with Gasteiger partial charge in [-0.1, -0.05) is 0 Å². The van der Waals surface area contributed by atoms with Crippen molar-refractivity contribution in [3.63, 3.8) is 0 Å². The van der Waals surface area contributed by atoms with Crippen molar-refractivity contribution >= 4 is 11.7 Å². The second-order valence-electron chi connectivity index (χ2n) is 4.74. The minimum atomic E-state index is 0.0197. The van der Waals surface area contributed by atoms with Crippen molar-refractivity contribution in [2.45, 2.75) is 25.0 Å². The van der Waals surface area contributed by atoms with Gasteiger partial charge in [0.2, 0.25) is 0 Å². The molecule has 0 saturated carbocycles. The highest BCUT2D eigenvalue weighted by molar-refractivity contribution is 5.94. The number of likely N-dealkylation sites (tertiary alicyclic amines) is 1. The van der Waals surface area contributed by atoms with Crippen molar-refractivity contribution in [3.05, 3.63) is 23.9 Å². The summed E-state index contributed by atoms with van der Waals surface area (Å²) in [5.74, 6) is 5.81. The lowest BCUT2D eigenvalue weighted by atomic mass is 10.2. The van der Waals surface area contributed by atoms with E-state index < -0.39 is 0 Å². The molecule has 2 saturated heterocycles.